The van der Waals surface area contributed by atoms with Crippen molar-refractivity contribution in [2.24, 2.45) is 0 Å². The molecule has 1 atom stereocenters. The smallest absolute Gasteiger partial charge is 0.306 e. The Morgan fingerprint density at radius 2 is 0.487 bits per heavy atom. The lowest BCUT2D eigenvalue weighted by molar-refractivity contribution is -0.167. The van der Waals surface area contributed by atoms with E-state index in [2.05, 4.69) is 130 Å². The van der Waals surface area contributed by atoms with Gasteiger partial charge >= 0.3 is 17.9 Å². The molecule has 0 aliphatic heterocycles. The number of allylic oxidation sites excluding steroid dienone is 18. The fraction of sp³-hybridized carbons (Fsp3) is 0.716. The molecule has 0 aromatic heterocycles. The maximum absolute atomic E-state index is 12.9. The topological polar surface area (TPSA) is 78.9 Å². The van der Waals surface area contributed by atoms with E-state index in [9.17, 15) is 14.4 Å². The van der Waals surface area contributed by atoms with Gasteiger partial charge in [0.25, 0.3) is 0 Å². The van der Waals surface area contributed by atoms with Crippen molar-refractivity contribution in [2.45, 2.75) is 329 Å². The summed E-state index contributed by atoms with van der Waals surface area (Å²) in [5.41, 5.74) is 0. The molecule has 0 aromatic rings. The van der Waals surface area contributed by atoms with Gasteiger partial charge in [-0.1, -0.05) is 310 Å². The summed E-state index contributed by atoms with van der Waals surface area (Å²) in [6.07, 6.45) is 92.5. The second-order valence-corrected chi connectivity index (χ2v) is 22.3. The van der Waals surface area contributed by atoms with Gasteiger partial charge in [-0.3, -0.25) is 14.4 Å². The minimum Gasteiger partial charge on any atom is -0.462 e. The predicted octanol–water partition coefficient (Wildman–Crippen LogP) is 23.4. The van der Waals surface area contributed by atoms with Crippen molar-refractivity contribution in [1.82, 2.24) is 0 Å². The minimum absolute atomic E-state index is 0.0887. The summed E-state index contributed by atoms with van der Waals surface area (Å²) in [6, 6.07) is 0. The van der Waals surface area contributed by atoms with Crippen LogP contribution in [-0.4, -0.2) is 37.2 Å². The Morgan fingerprint density at radius 1 is 0.263 bits per heavy atom. The second-order valence-electron chi connectivity index (χ2n) is 22.3. The Labute approximate surface area is 495 Å². The first-order valence-electron chi connectivity index (χ1n) is 33.9. The van der Waals surface area contributed by atoms with Gasteiger partial charge in [-0.15, -0.1) is 0 Å². The van der Waals surface area contributed by atoms with Crippen LogP contribution in [0, 0.1) is 0 Å². The van der Waals surface area contributed by atoms with Crippen LogP contribution < -0.4 is 0 Å². The Balaban J connectivity index is 4.35. The molecular formula is C74H126O6. The molecule has 1 unspecified atom stereocenters. The highest BCUT2D eigenvalue weighted by molar-refractivity contribution is 5.71. The van der Waals surface area contributed by atoms with Crippen molar-refractivity contribution < 1.29 is 28.6 Å². The Bertz CT molecular complexity index is 1610. The first-order chi connectivity index (χ1) is 39.5. The van der Waals surface area contributed by atoms with Gasteiger partial charge in [0, 0.05) is 19.3 Å². The van der Waals surface area contributed by atoms with Crippen LogP contribution in [-0.2, 0) is 28.6 Å². The molecule has 0 N–H and O–H groups in total. The lowest BCUT2D eigenvalue weighted by Crippen LogP contribution is -2.30. The Morgan fingerprint density at radius 3 is 0.775 bits per heavy atom. The highest BCUT2D eigenvalue weighted by Crippen LogP contribution is 2.17. The molecule has 0 saturated heterocycles. The third kappa shape index (κ3) is 64.9. The van der Waals surface area contributed by atoms with E-state index in [1.54, 1.807) is 0 Å². The summed E-state index contributed by atoms with van der Waals surface area (Å²) in [6.45, 7) is 6.42. The summed E-state index contributed by atoms with van der Waals surface area (Å²) >= 11 is 0. The highest BCUT2D eigenvalue weighted by Gasteiger charge is 2.19. The second kappa shape index (κ2) is 67.6. The molecule has 0 amide bonds. The molecule has 80 heavy (non-hydrogen) atoms. The number of hydrogen-bond acceptors (Lipinski definition) is 6. The summed E-state index contributed by atoms with van der Waals surface area (Å²) in [5, 5.41) is 0. The third-order valence-electron chi connectivity index (χ3n) is 14.5. The van der Waals surface area contributed by atoms with Gasteiger partial charge in [0.05, 0.1) is 0 Å². The van der Waals surface area contributed by atoms with Crippen LogP contribution in [0.5, 0.6) is 0 Å². The van der Waals surface area contributed by atoms with Crippen molar-refractivity contribution >= 4 is 17.9 Å². The molecule has 458 valence electrons. The average Bonchev–Trinajstić information content (AvgIpc) is 3.46. The Kier molecular flexibility index (Phi) is 64.3. The van der Waals surface area contributed by atoms with Crippen LogP contribution >= 0.6 is 0 Å². The molecule has 0 aliphatic rings. The first-order valence-corrected chi connectivity index (χ1v) is 33.9. The van der Waals surface area contributed by atoms with Crippen LogP contribution in [0.15, 0.2) is 109 Å². The van der Waals surface area contributed by atoms with Gasteiger partial charge in [-0.2, -0.15) is 0 Å². The standard InChI is InChI=1S/C74H126O6/c1-4-7-10-13-16-19-22-25-28-31-33-34-35-36-37-38-39-40-42-43-46-49-52-55-58-61-64-67-73(76)79-70-71(69-78-72(75)66-63-60-57-54-51-48-45-30-27-24-21-18-15-12-9-6-3)80-74(77)68-65-62-59-56-53-50-47-44-41-32-29-26-23-20-17-14-11-8-5-2/h7-8,10-11,16-17,19-20,25-26,28-29,33-34,41,44,50,53,71H,4-6,9,12-15,18,21-24,27,30-32,35-40,42-43,45-49,51-52,54-70H2,1-3H3/b10-7-,11-8-,19-16-,20-17-,28-25-,29-26-,34-33-,44-41-,53-50-. The van der Waals surface area contributed by atoms with Crippen molar-refractivity contribution in [3.8, 4) is 0 Å². The number of esters is 3. The molecule has 6 heteroatoms. The molecular weight excluding hydrogens is 985 g/mol. The average molecular weight is 1110 g/mol. The summed E-state index contributed by atoms with van der Waals surface area (Å²) in [5.74, 6) is -0.908. The van der Waals surface area contributed by atoms with Gasteiger partial charge < -0.3 is 14.2 Å². The van der Waals surface area contributed by atoms with E-state index >= 15 is 0 Å². The van der Waals surface area contributed by atoms with Gasteiger partial charge in [-0.25, -0.2) is 0 Å². The SMILES string of the molecule is CC/C=C\C/C=C\C/C=C\C/C=C\C/C=C\CCCCCC(=O)OC(COC(=O)CCCCCCCCCCCCCCCC/C=C\C/C=C\C/C=C\C/C=C\CC)COC(=O)CCCCCCCCCCCCCCCCCC. The molecule has 0 fully saturated rings. The lowest BCUT2D eigenvalue weighted by atomic mass is 10.0. The predicted molar refractivity (Wildman–Crippen MR) is 348 cm³/mol. The first kappa shape index (κ1) is 76.1. The molecule has 6 nitrogen and oxygen atoms in total. The molecule has 0 radical (unpaired) electrons. The zero-order chi connectivity index (χ0) is 57.8. The van der Waals surface area contributed by atoms with Crippen LogP contribution in [0.2, 0.25) is 0 Å². The zero-order valence-corrected chi connectivity index (χ0v) is 52.6. The maximum Gasteiger partial charge on any atom is 0.306 e. The van der Waals surface area contributed by atoms with E-state index in [0.29, 0.717) is 12.8 Å². The molecule has 0 bridgehead atoms. The molecule has 0 heterocycles. The normalized spacial score (nSPS) is 12.8. The molecule has 0 saturated carbocycles. The number of unbranched alkanes of at least 4 members (excludes halogenated alkanes) is 32. The fourth-order valence-electron chi connectivity index (χ4n) is 9.52. The Hall–Kier alpha value is -3.93. The monoisotopic (exact) mass is 1110 g/mol. The van der Waals surface area contributed by atoms with Gasteiger partial charge in [-0.05, 0) is 103 Å². The van der Waals surface area contributed by atoms with Crippen molar-refractivity contribution in [3.63, 3.8) is 0 Å². The fourth-order valence-corrected chi connectivity index (χ4v) is 9.52. The number of carbonyl (C=O) groups is 3. The van der Waals surface area contributed by atoms with Crippen LogP contribution in [0.3, 0.4) is 0 Å². The van der Waals surface area contributed by atoms with Crippen LogP contribution in [0.25, 0.3) is 0 Å². The van der Waals surface area contributed by atoms with Crippen LogP contribution in [0.1, 0.15) is 323 Å². The van der Waals surface area contributed by atoms with Crippen molar-refractivity contribution in [2.75, 3.05) is 13.2 Å². The zero-order valence-electron chi connectivity index (χ0n) is 52.6. The van der Waals surface area contributed by atoms with Gasteiger partial charge in [0.2, 0.25) is 0 Å². The number of ether oxygens (including phenoxy) is 3. The maximum atomic E-state index is 12.9. The minimum atomic E-state index is -0.797. The van der Waals surface area contributed by atoms with Gasteiger partial charge in [0.15, 0.2) is 6.10 Å². The molecule has 0 aromatic carbocycles. The molecule has 0 spiro atoms. The van der Waals surface area contributed by atoms with E-state index in [4.69, 9.17) is 14.2 Å². The van der Waals surface area contributed by atoms with E-state index in [1.807, 2.05) is 0 Å². The van der Waals surface area contributed by atoms with E-state index in [-0.39, 0.29) is 37.5 Å². The largest absolute Gasteiger partial charge is 0.462 e. The highest BCUT2D eigenvalue weighted by atomic mass is 16.6. The van der Waals surface area contributed by atoms with Crippen LogP contribution in [0.4, 0.5) is 0 Å². The molecule has 0 rings (SSSR count). The lowest BCUT2D eigenvalue weighted by Gasteiger charge is -2.18. The van der Waals surface area contributed by atoms with E-state index in [1.165, 1.54) is 161 Å². The number of carbonyl (C=O) groups excluding carboxylic acids is 3. The summed E-state index contributed by atoms with van der Waals surface area (Å²) in [7, 11) is 0. The summed E-state index contributed by atoms with van der Waals surface area (Å²) in [4.78, 5) is 38.4. The van der Waals surface area contributed by atoms with Gasteiger partial charge in [0.1, 0.15) is 13.2 Å². The summed E-state index contributed by atoms with van der Waals surface area (Å²) < 4.78 is 16.9. The number of hydrogen-bond donors (Lipinski definition) is 0. The number of rotatable bonds is 61. The van der Waals surface area contributed by atoms with Crippen molar-refractivity contribution in [1.29, 1.82) is 0 Å². The van der Waals surface area contributed by atoms with Crippen molar-refractivity contribution in [3.05, 3.63) is 109 Å². The third-order valence-corrected chi connectivity index (χ3v) is 14.5. The quantitative estimate of drug-likeness (QED) is 0.0261. The van der Waals surface area contributed by atoms with E-state index in [0.717, 1.165) is 122 Å². The van der Waals surface area contributed by atoms with E-state index < -0.39 is 6.10 Å². The molecule has 0 aliphatic carbocycles.